The predicted octanol–water partition coefficient (Wildman–Crippen LogP) is 5.46. The van der Waals surface area contributed by atoms with E-state index in [0.717, 1.165) is 11.1 Å². The van der Waals surface area contributed by atoms with Gasteiger partial charge in [0.15, 0.2) is 0 Å². The van der Waals surface area contributed by atoms with E-state index in [0.29, 0.717) is 24.1 Å². The first kappa shape index (κ1) is 23.0. The monoisotopic (exact) mass is 424 g/mol. The number of hydrogen-bond donors (Lipinski definition) is 0. The van der Waals surface area contributed by atoms with E-state index in [4.69, 9.17) is 4.52 Å². The molecule has 0 bridgehead atoms. The van der Waals surface area contributed by atoms with Crippen LogP contribution in [0.15, 0.2) is 48.5 Å². The number of rotatable bonds is 8. The molecule has 0 radical (unpaired) electrons. The van der Waals surface area contributed by atoms with Crippen molar-refractivity contribution in [3.8, 4) is 0 Å². The molecule has 0 saturated heterocycles. The molecule has 154 valence electrons. The highest BCUT2D eigenvalue weighted by molar-refractivity contribution is 7.86. The highest BCUT2D eigenvalue weighted by atomic mass is 32.2. The van der Waals surface area contributed by atoms with Crippen molar-refractivity contribution in [1.29, 1.82) is 0 Å². The third-order valence-corrected chi connectivity index (χ3v) is 8.65. The van der Waals surface area contributed by atoms with Crippen LogP contribution in [-0.2, 0) is 19.9 Å². The second kappa shape index (κ2) is 9.47. The van der Waals surface area contributed by atoms with Gasteiger partial charge in [0.25, 0.3) is 0 Å². The lowest BCUT2D eigenvalue weighted by molar-refractivity contribution is 0.345. The van der Waals surface area contributed by atoms with Gasteiger partial charge >= 0.3 is 0 Å². The van der Waals surface area contributed by atoms with E-state index in [9.17, 15) is 13.2 Å². The van der Waals surface area contributed by atoms with Gasteiger partial charge in [-0.25, -0.2) is 4.39 Å². The number of benzene rings is 2. The first-order valence-corrected chi connectivity index (χ1v) is 12.9. The van der Waals surface area contributed by atoms with Gasteiger partial charge in [-0.15, -0.1) is 0 Å². The molecule has 1 unspecified atom stereocenters. The number of hydrogen-bond acceptors (Lipinski definition) is 3. The van der Waals surface area contributed by atoms with E-state index in [1.54, 1.807) is 18.8 Å². The molecule has 2 rings (SSSR count). The molecule has 0 heterocycles. The highest BCUT2D eigenvalue weighted by Gasteiger charge is 2.23. The first-order valence-electron chi connectivity index (χ1n) is 9.51. The van der Waals surface area contributed by atoms with E-state index in [1.165, 1.54) is 12.1 Å². The molecule has 3 nitrogen and oxygen atoms in total. The van der Waals surface area contributed by atoms with Gasteiger partial charge in [0.2, 0.25) is 7.37 Å². The van der Waals surface area contributed by atoms with Gasteiger partial charge in [0.1, 0.15) is 5.82 Å². The van der Waals surface area contributed by atoms with Crippen LogP contribution in [0.1, 0.15) is 51.2 Å². The van der Waals surface area contributed by atoms with Gasteiger partial charge < -0.3 is 4.52 Å². The zero-order valence-electron chi connectivity index (χ0n) is 17.3. The van der Waals surface area contributed by atoms with Crippen molar-refractivity contribution in [3.05, 3.63) is 65.5 Å². The minimum Gasteiger partial charge on any atom is -0.326 e. The van der Waals surface area contributed by atoms with Crippen LogP contribution in [0.25, 0.3) is 0 Å². The molecule has 0 aromatic heterocycles. The summed E-state index contributed by atoms with van der Waals surface area (Å²) >= 11 is 0. The summed E-state index contributed by atoms with van der Waals surface area (Å²) in [6, 6.07) is 14.0. The van der Waals surface area contributed by atoms with Gasteiger partial charge in [-0.05, 0) is 69.5 Å². The van der Waals surface area contributed by atoms with E-state index in [1.807, 2.05) is 52.0 Å². The van der Waals surface area contributed by atoms with Crippen molar-refractivity contribution in [2.45, 2.75) is 44.8 Å². The third-order valence-electron chi connectivity index (χ3n) is 4.69. The van der Waals surface area contributed by atoms with Gasteiger partial charge in [-0.1, -0.05) is 24.3 Å². The summed E-state index contributed by atoms with van der Waals surface area (Å²) in [5.41, 5.74) is 2.00. The van der Waals surface area contributed by atoms with Crippen molar-refractivity contribution in [3.63, 3.8) is 0 Å². The molecule has 0 N–H and O–H groups in total. The van der Waals surface area contributed by atoms with Crippen LogP contribution < -0.4 is 5.30 Å². The molecule has 2 aromatic rings. The van der Waals surface area contributed by atoms with Crippen LogP contribution in [0, 0.1) is 5.82 Å². The zero-order valence-corrected chi connectivity index (χ0v) is 19.0. The standard InChI is InChI=1S/C22H30FO3PS/c1-6-26-27(5,24)20-13-9-18(10-14-20)21(15-16-28(25)22(2,3)4)17-7-11-19(23)12-8-17/h7-14,21H,6,15-16H2,1-5H3/t21-,27?,28+/m0/s1. The van der Waals surface area contributed by atoms with Crippen LogP contribution in [0.3, 0.4) is 0 Å². The highest BCUT2D eigenvalue weighted by Crippen LogP contribution is 2.41. The third kappa shape index (κ3) is 6.10. The van der Waals surface area contributed by atoms with Crippen LogP contribution in [0.5, 0.6) is 0 Å². The quantitative estimate of drug-likeness (QED) is 0.528. The lowest BCUT2D eigenvalue weighted by Crippen LogP contribution is -2.25. The van der Waals surface area contributed by atoms with Crippen molar-refractivity contribution in [2.75, 3.05) is 19.0 Å². The fraction of sp³-hybridized carbons (Fsp3) is 0.455. The Hall–Kier alpha value is -1.29. The zero-order chi connectivity index (χ0) is 20.9. The maximum absolute atomic E-state index is 13.4. The maximum Gasteiger partial charge on any atom is 0.229 e. The molecule has 0 aliphatic rings. The number of halogens is 1. The predicted molar refractivity (Wildman–Crippen MR) is 117 cm³/mol. The van der Waals surface area contributed by atoms with E-state index in [-0.39, 0.29) is 16.5 Å². The van der Waals surface area contributed by atoms with Gasteiger partial charge in [0.05, 0.1) is 6.61 Å². The Morgan fingerprint density at radius 1 is 1.04 bits per heavy atom. The van der Waals surface area contributed by atoms with Crippen molar-refractivity contribution in [1.82, 2.24) is 0 Å². The van der Waals surface area contributed by atoms with Gasteiger partial charge in [0, 0.05) is 39.2 Å². The van der Waals surface area contributed by atoms with Gasteiger partial charge in [-0.3, -0.25) is 8.77 Å². The van der Waals surface area contributed by atoms with Crippen LogP contribution >= 0.6 is 7.37 Å². The SMILES string of the molecule is CCOP(C)(=O)c1ccc([C@@H](CC[S@@](=O)C(C)(C)C)c2ccc(F)cc2)cc1. The Morgan fingerprint density at radius 3 is 2.00 bits per heavy atom. The summed E-state index contributed by atoms with van der Waals surface area (Å²) in [6.45, 7) is 9.75. The molecular weight excluding hydrogens is 394 g/mol. The molecule has 0 saturated carbocycles. The molecule has 0 spiro atoms. The summed E-state index contributed by atoms with van der Waals surface area (Å²) in [5, 5.41) is 0.675. The minimum absolute atomic E-state index is 0.00992. The average Bonchev–Trinajstić information content (AvgIpc) is 2.62. The fourth-order valence-electron chi connectivity index (χ4n) is 3.05. The van der Waals surface area contributed by atoms with E-state index < -0.39 is 18.2 Å². The Morgan fingerprint density at radius 2 is 1.54 bits per heavy atom. The molecule has 0 amide bonds. The first-order chi connectivity index (χ1) is 13.0. The summed E-state index contributed by atoms with van der Waals surface area (Å²) in [5.74, 6) is 0.266. The topological polar surface area (TPSA) is 43.4 Å². The molecule has 2 aromatic carbocycles. The van der Waals surface area contributed by atoms with Crippen molar-refractivity contribution >= 4 is 23.5 Å². The van der Waals surface area contributed by atoms with Crippen LogP contribution in [0.2, 0.25) is 0 Å². The van der Waals surface area contributed by atoms with Crippen molar-refractivity contribution < 1.29 is 17.7 Å². The van der Waals surface area contributed by atoms with Crippen molar-refractivity contribution in [2.24, 2.45) is 0 Å². The smallest absolute Gasteiger partial charge is 0.229 e. The second-order valence-electron chi connectivity index (χ2n) is 7.91. The molecular formula is C22H30FO3PS. The van der Waals surface area contributed by atoms with Gasteiger partial charge in [-0.2, -0.15) is 0 Å². The summed E-state index contributed by atoms with van der Waals surface area (Å²) < 4.78 is 43.7. The fourth-order valence-corrected chi connectivity index (χ4v) is 5.44. The molecule has 3 atom stereocenters. The van der Waals surface area contributed by atoms with Crippen LogP contribution in [0.4, 0.5) is 4.39 Å². The van der Waals surface area contributed by atoms with Crippen LogP contribution in [-0.4, -0.2) is 28.0 Å². The Labute approximate surface area is 170 Å². The Balaban J connectivity index is 2.32. The molecule has 0 fully saturated rings. The minimum atomic E-state index is -2.82. The molecule has 28 heavy (non-hydrogen) atoms. The van der Waals surface area contributed by atoms with E-state index >= 15 is 0 Å². The normalized spacial score (nSPS) is 16.4. The summed E-state index contributed by atoms with van der Waals surface area (Å²) in [4.78, 5) is 0. The lowest BCUT2D eigenvalue weighted by Gasteiger charge is -2.22. The molecule has 6 heteroatoms. The average molecular weight is 425 g/mol. The summed E-state index contributed by atoms with van der Waals surface area (Å²) in [6.07, 6.45) is 0.685. The van der Waals surface area contributed by atoms with E-state index in [2.05, 4.69) is 0 Å². The Kier molecular flexibility index (Phi) is 7.78. The lowest BCUT2D eigenvalue weighted by atomic mass is 9.89. The second-order valence-corrected chi connectivity index (χ2v) is 12.7. The largest absolute Gasteiger partial charge is 0.326 e. The maximum atomic E-state index is 13.4. The molecule has 0 aliphatic heterocycles. The molecule has 0 aliphatic carbocycles. The summed E-state index contributed by atoms with van der Waals surface area (Å²) in [7, 11) is -3.79. The Bertz CT molecular complexity index is 842.